The molecule has 0 aliphatic carbocycles. The summed E-state index contributed by atoms with van der Waals surface area (Å²) in [6, 6.07) is 24.0. The second-order valence-electron chi connectivity index (χ2n) is 12.8. The molecule has 0 unspecified atom stereocenters. The third kappa shape index (κ3) is 9.20. The van der Waals surface area contributed by atoms with E-state index in [1.807, 2.05) is 86.0 Å². The number of aryl methyl sites for hydroxylation is 2. The number of ether oxygens (including phenoxy) is 4. The average molecular weight is 782 g/mol. The molecule has 288 valence electrons. The van der Waals surface area contributed by atoms with Crippen LogP contribution in [0.25, 0.3) is 21.8 Å². The topological polar surface area (TPSA) is 166 Å². The van der Waals surface area contributed by atoms with E-state index in [0.29, 0.717) is 53.4 Å². The smallest absolute Gasteiger partial charge is 0.163 e. The summed E-state index contributed by atoms with van der Waals surface area (Å²) in [5.74, 6) is 4.06. The largest absolute Gasteiger partial charge is 0.508 e. The van der Waals surface area contributed by atoms with Crippen molar-refractivity contribution in [1.82, 2.24) is 24.9 Å². The number of fused-ring (bicyclic) bond motifs is 2. The first-order valence-electron chi connectivity index (χ1n) is 17.7. The number of benzene rings is 4. The standard InChI is InChI=1S/C22H20N4O3.C21H19N3O3S/c1-14-5-6-16(8-19(14)27)26-22-17-9-20(28-2)21(10-18(17)24-13-25-22)29-12-15-4-3-7-23-11-15;1-13-3-4-15(7-18(13)25)24-21-16-8-19(26-2)20(9-17(16)22-12-23-21)27-10-14-5-6-28-11-14/h3-11,13,27H,12H2,1-2H3,(H,24,25,26);3-9,11-12,25H,10H2,1-2H3,(H,22,23,24). The van der Waals surface area contributed by atoms with Crippen LogP contribution in [-0.2, 0) is 13.2 Å². The van der Waals surface area contributed by atoms with Crippen LogP contribution in [0.15, 0.2) is 115 Å². The minimum atomic E-state index is 0.219. The molecular weight excluding hydrogens is 743 g/mol. The van der Waals surface area contributed by atoms with Crippen molar-refractivity contribution in [2.24, 2.45) is 0 Å². The van der Waals surface area contributed by atoms with Crippen LogP contribution >= 0.6 is 11.3 Å². The van der Waals surface area contributed by atoms with Gasteiger partial charge >= 0.3 is 0 Å². The van der Waals surface area contributed by atoms with E-state index in [2.05, 4.69) is 40.9 Å². The molecule has 0 amide bonds. The molecule has 57 heavy (non-hydrogen) atoms. The van der Waals surface area contributed by atoms with Gasteiger partial charge in [0.25, 0.3) is 0 Å². The molecule has 0 atom stereocenters. The van der Waals surface area contributed by atoms with Crippen molar-refractivity contribution in [2.45, 2.75) is 27.1 Å². The second-order valence-corrected chi connectivity index (χ2v) is 13.6. The molecule has 0 spiro atoms. The van der Waals surface area contributed by atoms with Gasteiger partial charge in [0, 0.05) is 64.4 Å². The third-order valence-electron chi connectivity index (χ3n) is 8.88. The fourth-order valence-corrected chi connectivity index (χ4v) is 6.35. The number of phenolic OH excluding ortho intramolecular Hbond substituents is 2. The quantitative estimate of drug-likeness (QED) is 0.0927. The van der Waals surface area contributed by atoms with Gasteiger partial charge in [0.05, 0.1) is 25.3 Å². The van der Waals surface area contributed by atoms with Crippen LogP contribution in [0, 0.1) is 13.8 Å². The Hall–Kier alpha value is -7.19. The Balaban J connectivity index is 0.000000174. The Bertz CT molecular complexity index is 2630. The molecule has 14 heteroatoms. The maximum absolute atomic E-state index is 9.95. The molecule has 0 bridgehead atoms. The third-order valence-corrected chi connectivity index (χ3v) is 9.61. The molecular formula is C43H39N7O6S. The van der Waals surface area contributed by atoms with Gasteiger partial charge in [-0.05, 0) is 77.7 Å². The van der Waals surface area contributed by atoms with Crippen molar-refractivity contribution in [3.8, 4) is 34.5 Å². The highest BCUT2D eigenvalue weighted by atomic mass is 32.1. The average Bonchev–Trinajstić information content (AvgIpc) is 3.76. The van der Waals surface area contributed by atoms with Gasteiger partial charge in [-0.15, -0.1) is 0 Å². The fourth-order valence-electron chi connectivity index (χ4n) is 5.70. The van der Waals surface area contributed by atoms with Gasteiger partial charge < -0.3 is 39.8 Å². The molecule has 8 aromatic rings. The van der Waals surface area contributed by atoms with E-state index < -0.39 is 0 Å². The van der Waals surface area contributed by atoms with Gasteiger partial charge in [-0.2, -0.15) is 11.3 Å². The number of hydrogen-bond donors (Lipinski definition) is 4. The van der Waals surface area contributed by atoms with Crippen molar-refractivity contribution in [2.75, 3.05) is 24.9 Å². The van der Waals surface area contributed by atoms with Crippen molar-refractivity contribution in [3.63, 3.8) is 0 Å². The number of aromatic nitrogens is 5. The molecule has 0 saturated carbocycles. The van der Waals surface area contributed by atoms with Crippen LogP contribution in [0.5, 0.6) is 34.5 Å². The van der Waals surface area contributed by atoms with Gasteiger partial charge in [0.2, 0.25) is 0 Å². The summed E-state index contributed by atoms with van der Waals surface area (Å²) < 4.78 is 22.9. The number of nitrogens with one attached hydrogen (secondary N) is 2. The number of anilines is 4. The Labute approximate surface area is 332 Å². The van der Waals surface area contributed by atoms with Gasteiger partial charge in [0.1, 0.15) is 49.0 Å². The molecule has 4 aromatic carbocycles. The second kappa shape index (κ2) is 17.5. The molecule has 0 aliphatic heterocycles. The molecule has 8 rings (SSSR count). The lowest BCUT2D eigenvalue weighted by atomic mass is 10.2. The Morgan fingerprint density at radius 1 is 0.614 bits per heavy atom. The van der Waals surface area contributed by atoms with Crippen LogP contribution in [0.4, 0.5) is 23.0 Å². The highest BCUT2D eigenvalue weighted by Gasteiger charge is 2.14. The molecule has 4 aromatic heterocycles. The summed E-state index contributed by atoms with van der Waals surface area (Å²) in [4.78, 5) is 21.5. The van der Waals surface area contributed by atoms with Crippen LogP contribution in [0.2, 0.25) is 0 Å². The normalized spacial score (nSPS) is 10.7. The summed E-state index contributed by atoms with van der Waals surface area (Å²) in [6.45, 7) is 4.53. The Kier molecular flexibility index (Phi) is 11.7. The Morgan fingerprint density at radius 2 is 1.16 bits per heavy atom. The van der Waals surface area contributed by atoms with E-state index in [-0.39, 0.29) is 11.5 Å². The summed E-state index contributed by atoms with van der Waals surface area (Å²) in [5.41, 5.74) is 6.59. The van der Waals surface area contributed by atoms with E-state index in [1.54, 1.807) is 50.1 Å². The Morgan fingerprint density at radius 3 is 1.61 bits per heavy atom. The summed E-state index contributed by atoms with van der Waals surface area (Å²) in [7, 11) is 3.19. The minimum absolute atomic E-state index is 0.219. The van der Waals surface area contributed by atoms with Crippen LogP contribution in [0.1, 0.15) is 22.3 Å². The first kappa shape index (κ1) is 38.1. The predicted octanol–water partition coefficient (Wildman–Crippen LogP) is 9.41. The van der Waals surface area contributed by atoms with E-state index in [1.165, 1.54) is 12.7 Å². The molecule has 0 fully saturated rings. The predicted molar refractivity (Wildman–Crippen MR) is 222 cm³/mol. The number of pyridine rings is 1. The minimum Gasteiger partial charge on any atom is -0.508 e. The zero-order valence-corrected chi connectivity index (χ0v) is 32.4. The van der Waals surface area contributed by atoms with E-state index in [9.17, 15) is 10.2 Å². The lowest BCUT2D eigenvalue weighted by molar-refractivity contribution is 0.284. The molecule has 0 radical (unpaired) electrons. The lowest BCUT2D eigenvalue weighted by Gasteiger charge is -2.14. The van der Waals surface area contributed by atoms with Gasteiger partial charge in [-0.25, -0.2) is 19.9 Å². The number of nitrogens with zero attached hydrogens (tertiary/aromatic N) is 5. The SMILES string of the molecule is COc1cc2c(Nc3ccc(C)c(O)c3)ncnc2cc1OCc1cccnc1.COc1cc2c(Nc3ccc(C)c(O)c3)ncnc2cc1OCc1ccsc1. The number of rotatable bonds is 12. The van der Waals surface area contributed by atoms with E-state index in [4.69, 9.17) is 18.9 Å². The monoisotopic (exact) mass is 781 g/mol. The summed E-state index contributed by atoms with van der Waals surface area (Å²) in [6.07, 6.45) is 6.46. The van der Waals surface area contributed by atoms with Crippen LogP contribution < -0.4 is 29.6 Å². The van der Waals surface area contributed by atoms with Crippen molar-refractivity contribution in [3.05, 3.63) is 137 Å². The molecule has 4 N–H and O–H groups in total. The molecule has 13 nitrogen and oxygen atoms in total. The number of thiophene rings is 1. The maximum atomic E-state index is 9.95. The highest BCUT2D eigenvalue weighted by molar-refractivity contribution is 7.07. The maximum Gasteiger partial charge on any atom is 0.163 e. The first-order chi connectivity index (χ1) is 27.8. The van der Waals surface area contributed by atoms with Crippen LogP contribution in [-0.4, -0.2) is 49.4 Å². The number of hydrogen-bond acceptors (Lipinski definition) is 14. The van der Waals surface area contributed by atoms with Gasteiger partial charge in [-0.3, -0.25) is 4.98 Å². The van der Waals surface area contributed by atoms with Crippen molar-refractivity contribution in [1.29, 1.82) is 0 Å². The number of phenols is 2. The van der Waals surface area contributed by atoms with Crippen molar-refractivity contribution < 1.29 is 29.2 Å². The first-order valence-corrected chi connectivity index (χ1v) is 18.7. The van der Waals surface area contributed by atoms with E-state index in [0.717, 1.165) is 49.9 Å². The summed E-state index contributed by atoms with van der Waals surface area (Å²) in [5, 5.41) is 32.0. The van der Waals surface area contributed by atoms with Crippen molar-refractivity contribution >= 4 is 56.2 Å². The fraction of sp³-hybridized carbons (Fsp3) is 0.140. The molecule has 4 heterocycles. The van der Waals surface area contributed by atoms with Gasteiger partial charge in [-0.1, -0.05) is 18.2 Å². The molecule has 0 saturated heterocycles. The van der Waals surface area contributed by atoms with Crippen LogP contribution in [0.3, 0.4) is 0 Å². The van der Waals surface area contributed by atoms with E-state index >= 15 is 0 Å². The number of methoxy groups -OCH3 is 2. The number of aromatic hydroxyl groups is 2. The summed E-state index contributed by atoms with van der Waals surface area (Å²) >= 11 is 1.63. The van der Waals surface area contributed by atoms with Gasteiger partial charge in [0.15, 0.2) is 23.0 Å². The lowest BCUT2D eigenvalue weighted by Crippen LogP contribution is -2.00. The zero-order valence-electron chi connectivity index (χ0n) is 31.6. The molecule has 0 aliphatic rings. The zero-order chi connectivity index (χ0) is 39.7. The highest BCUT2D eigenvalue weighted by Crippen LogP contribution is 2.37.